The van der Waals surface area contributed by atoms with Crippen LogP contribution in [0.2, 0.25) is 0 Å². The summed E-state index contributed by atoms with van der Waals surface area (Å²) in [5.74, 6) is 0.492. The summed E-state index contributed by atoms with van der Waals surface area (Å²) < 4.78 is 5.65. The molecule has 0 bridgehead atoms. The van der Waals surface area contributed by atoms with Gasteiger partial charge in [-0.3, -0.25) is 0 Å². The van der Waals surface area contributed by atoms with Crippen LogP contribution in [0.25, 0.3) is 0 Å². The average Bonchev–Trinajstić information content (AvgIpc) is 2.03. The molecule has 0 aliphatic rings. The Morgan fingerprint density at radius 1 is 1.46 bits per heavy atom. The van der Waals surface area contributed by atoms with E-state index in [9.17, 15) is 0 Å². The smallest absolute Gasteiger partial charge is 0.512 e. The van der Waals surface area contributed by atoms with Gasteiger partial charge in [0.15, 0.2) is 0 Å². The summed E-state index contributed by atoms with van der Waals surface area (Å²) >= 11 is 3.27. The van der Waals surface area contributed by atoms with E-state index in [-0.39, 0.29) is 0 Å². The molecule has 1 rings (SSSR count). The average molecular weight is 245 g/mol. The van der Waals surface area contributed by atoms with Gasteiger partial charge in [0, 0.05) is 4.47 Å². The number of hydrogen-bond donors (Lipinski definition) is 2. The fourth-order valence-corrected chi connectivity index (χ4v) is 1.38. The first-order valence-corrected chi connectivity index (χ1v) is 4.74. The molecule has 0 amide bonds. The van der Waals surface area contributed by atoms with E-state index in [4.69, 9.17) is 14.7 Å². The lowest BCUT2D eigenvalue weighted by molar-refractivity contribution is 0.287. The fourth-order valence-electron chi connectivity index (χ4n) is 1.04. The molecule has 0 radical (unpaired) electrons. The number of benzene rings is 1. The van der Waals surface area contributed by atoms with Crippen LogP contribution in [0, 0.1) is 0 Å². The molecule has 0 saturated carbocycles. The number of hydrogen-bond acceptors (Lipinski definition) is 3. The molecule has 0 aromatic heterocycles. The van der Waals surface area contributed by atoms with E-state index in [1.54, 1.807) is 6.07 Å². The van der Waals surface area contributed by atoms with Crippen molar-refractivity contribution in [2.45, 2.75) is 13.3 Å². The Morgan fingerprint density at radius 3 is 2.69 bits per heavy atom. The summed E-state index contributed by atoms with van der Waals surface area (Å²) in [5, 5.41) is 17.3. The molecule has 0 spiro atoms. The Morgan fingerprint density at radius 2 is 2.15 bits per heavy atom. The van der Waals surface area contributed by atoms with Gasteiger partial charge < -0.3 is 14.7 Å². The molecule has 0 atom stereocenters. The number of aryl methyl sites for hydroxylation is 1. The van der Waals surface area contributed by atoms with Gasteiger partial charge in [0.25, 0.3) is 0 Å². The zero-order valence-corrected chi connectivity index (χ0v) is 8.78. The zero-order valence-electron chi connectivity index (χ0n) is 7.20. The molecular formula is C8H10BBrO3. The van der Waals surface area contributed by atoms with Crippen LogP contribution in [0.5, 0.6) is 5.75 Å². The summed E-state index contributed by atoms with van der Waals surface area (Å²) in [6, 6.07) is 5.47. The first-order valence-electron chi connectivity index (χ1n) is 3.94. The lowest BCUT2D eigenvalue weighted by atomic mass is 10.1. The van der Waals surface area contributed by atoms with Crippen LogP contribution < -0.4 is 4.65 Å². The Balaban J connectivity index is 2.94. The third kappa shape index (κ3) is 3.02. The fraction of sp³-hybridized carbons (Fsp3) is 0.250. The predicted molar refractivity (Wildman–Crippen MR) is 54.3 cm³/mol. The molecule has 70 valence electrons. The molecule has 0 saturated heterocycles. The quantitative estimate of drug-likeness (QED) is 0.790. The lowest BCUT2D eigenvalue weighted by Crippen LogP contribution is -2.21. The molecule has 1 aromatic carbocycles. The minimum atomic E-state index is -1.76. The summed E-state index contributed by atoms with van der Waals surface area (Å²) in [4.78, 5) is 0. The van der Waals surface area contributed by atoms with Gasteiger partial charge in [-0.1, -0.05) is 28.9 Å². The van der Waals surface area contributed by atoms with Crippen LogP contribution in [0.15, 0.2) is 22.7 Å². The maximum Gasteiger partial charge on any atom is 0.707 e. The van der Waals surface area contributed by atoms with E-state index < -0.39 is 7.32 Å². The van der Waals surface area contributed by atoms with Crippen LogP contribution in [0.1, 0.15) is 12.5 Å². The Labute approximate surface area is 85.7 Å². The zero-order chi connectivity index (χ0) is 9.84. The highest BCUT2D eigenvalue weighted by Crippen LogP contribution is 2.24. The molecule has 3 nitrogen and oxygen atoms in total. The molecule has 1 aromatic rings. The third-order valence-electron chi connectivity index (χ3n) is 1.64. The van der Waals surface area contributed by atoms with Gasteiger partial charge in [0.05, 0.1) is 0 Å². The lowest BCUT2D eigenvalue weighted by Gasteiger charge is -2.09. The normalized spacial score (nSPS) is 9.85. The molecule has 0 heterocycles. The van der Waals surface area contributed by atoms with Gasteiger partial charge >= 0.3 is 7.32 Å². The maximum atomic E-state index is 8.63. The van der Waals surface area contributed by atoms with Crippen molar-refractivity contribution in [3.63, 3.8) is 0 Å². The predicted octanol–water partition coefficient (Wildman–Crippen LogP) is 1.36. The first kappa shape index (κ1) is 10.6. The second kappa shape index (κ2) is 4.65. The van der Waals surface area contributed by atoms with Crippen LogP contribution >= 0.6 is 15.9 Å². The van der Waals surface area contributed by atoms with E-state index in [0.29, 0.717) is 5.75 Å². The summed E-state index contributed by atoms with van der Waals surface area (Å²) in [6.07, 6.45) is 0.787. The second-order valence-corrected chi connectivity index (χ2v) is 3.47. The second-order valence-electron chi connectivity index (χ2n) is 2.55. The summed E-state index contributed by atoms with van der Waals surface area (Å²) in [7, 11) is -1.76. The van der Waals surface area contributed by atoms with Crippen molar-refractivity contribution in [2.75, 3.05) is 0 Å². The van der Waals surface area contributed by atoms with Crippen molar-refractivity contribution < 1.29 is 14.7 Å². The van der Waals surface area contributed by atoms with Crippen LogP contribution in [0.3, 0.4) is 0 Å². The molecule has 2 N–H and O–H groups in total. The van der Waals surface area contributed by atoms with Crippen molar-refractivity contribution in [2.24, 2.45) is 0 Å². The topological polar surface area (TPSA) is 49.7 Å². The van der Waals surface area contributed by atoms with Gasteiger partial charge in [-0.05, 0) is 24.1 Å². The molecular weight excluding hydrogens is 235 g/mol. The van der Waals surface area contributed by atoms with Gasteiger partial charge in [-0.25, -0.2) is 0 Å². The van der Waals surface area contributed by atoms with Crippen molar-refractivity contribution in [1.82, 2.24) is 0 Å². The van der Waals surface area contributed by atoms with Crippen LogP contribution in [-0.2, 0) is 6.42 Å². The highest BCUT2D eigenvalue weighted by Gasteiger charge is 2.13. The standard InChI is InChI=1S/C8H10BBrO3/c1-2-6-3-4-7(10)5-8(6)13-9(11)12/h3-5,11-12H,2H2,1H3. The molecule has 0 fully saturated rings. The minimum absolute atomic E-state index is 0.492. The van der Waals surface area contributed by atoms with Crippen molar-refractivity contribution in [1.29, 1.82) is 0 Å². The van der Waals surface area contributed by atoms with Gasteiger partial charge in [-0.15, -0.1) is 0 Å². The molecule has 0 aliphatic carbocycles. The van der Waals surface area contributed by atoms with Crippen molar-refractivity contribution in [3.8, 4) is 5.75 Å². The van der Waals surface area contributed by atoms with Gasteiger partial charge in [-0.2, -0.15) is 0 Å². The Kier molecular flexibility index (Phi) is 3.78. The highest BCUT2D eigenvalue weighted by molar-refractivity contribution is 9.10. The van der Waals surface area contributed by atoms with E-state index in [1.165, 1.54) is 0 Å². The molecule has 0 aliphatic heterocycles. The third-order valence-corrected chi connectivity index (χ3v) is 2.14. The number of halogens is 1. The largest absolute Gasteiger partial charge is 0.707 e. The summed E-state index contributed by atoms with van der Waals surface area (Å²) in [5.41, 5.74) is 0.941. The summed E-state index contributed by atoms with van der Waals surface area (Å²) in [6.45, 7) is 1.97. The molecule has 5 heteroatoms. The number of rotatable bonds is 3. The van der Waals surface area contributed by atoms with Crippen LogP contribution in [-0.4, -0.2) is 17.4 Å². The van der Waals surface area contributed by atoms with E-state index in [2.05, 4.69) is 15.9 Å². The first-order chi connectivity index (χ1) is 6.13. The SMILES string of the molecule is CCc1ccc(Br)cc1OB(O)O. The highest BCUT2D eigenvalue weighted by atomic mass is 79.9. The minimum Gasteiger partial charge on any atom is -0.512 e. The van der Waals surface area contributed by atoms with Gasteiger partial charge in [0.1, 0.15) is 5.75 Å². The van der Waals surface area contributed by atoms with Crippen molar-refractivity contribution in [3.05, 3.63) is 28.2 Å². The van der Waals surface area contributed by atoms with E-state index in [1.807, 2.05) is 19.1 Å². The molecule has 13 heavy (non-hydrogen) atoms. The molecule has 0 unspecified atom stereocenters. The van der Waals surface area contributed by atoms with E-state index in [0.717, 1.165) is 16.5 Å². The van der Waals surface area contributed by atoms with Crippen LogP contribution in [0.4, 0.5) is 0 Å². The van der Waals surface area contributed by atoms with Gasteiger partial charge in [0.2, 0.25) is 0 Å². The van der Waals surface area contributed by atoms with E-state index >= 15 is 0 Å². The monoisotopic (exact) mass is 244 g/mol. The van der Waals surface area contributed by atoms with Crippen molar-refractivity contribution >= 4 is 23.3 Å². The Bertz CT molecular complexity index is 291. The Hall–Kier alpha value is -0.515. The maximum absolute atomic E-state index is 8.63.